The van der Waals surface area contributed by atoms with E-state index >= 15 is 0 Å². The number of aromatic nitrogens is 2. The van der Waals surface area contributed by atoms with Crippen LogP contribution in [0.4, 0.5) is 17.3 Å². The van der Waals surface area contributed by atoms with Gasteiger partial charge in [-0.05, 0) is 24.3 Å². The largest absolute Gasteiger partial charge is 0.378 e. The highest BCUT2D eigenvalue weighted by Crippen LogP contribution is 2.13. The molecule has 19 heavy (non-hydrogen) atoms. The van der Waals surface area contributed by atoms with Crippen molar-refractivity contribution < 1.29 is 4.79 Å². The second kappa shape index (κ2) is 5.34. The zero-order valence-corrected chi connectivity index (χ0v) is 10.8. The van der Waals surface area contributed by atoms with Crippen molar-refractivity contribution in [3.63, 3.8) is 0 Å². The summed E-state index contributed by atoms with van der Waals surface area (Å²) in [6, 6.07) is 7.30. The van der Waals surface area contributed by atoms with Crippen LogP contribution in [-0.4, -0.2) is 30.0 Å². The minimum atomic E-state index is -0.210. The van der Waals surface area contributed by atoms with Gasteiger partial charge in [0.25, 0.3) is 5.91 Å². The molecule has 0 bridgehead atoms. The molecule has 2 aromatic rings. The predicted molar refractivity (Wildman–Crippen MR) is 75.2 cm³/mol. The Morgan fingerprint density at radius 2 is 1.74 bits per heavy atom. The molecule has 0 aliphatic carbocycles. The quantitative estimate of drug-likeness (QED) is 0.867. The third kappa shape index (κ3) is 3.19. The number of nitrogens with one attached hydrogen (secondary N) is 1. The molecule has 1 aromatic carbocycles. The fourth-order valence-corrected chi connectivity index (χ4v) is 1.52. The van der Waals surface area contributed by atoms with Gasteiger partial charge in [-0.2, -0.15) is 0 Å². The molecular weight excluding hydrogens is 242 g/mol. The SMILES string of the molecule is CN(C)c1ccc(C(=O)Nc2cnc(N)nc2)cc1. The molecule has 1 aromatic heterocycles. The van der Waals surface area contributed by atoms with Crippen LogP contribution in [0, 0.1) is 0 Å². The van der Waals surface area contributed by atoms with E-state index in [0.29, 0.717) is 11.3 Å². The van der Waals surface area contributed by atoms with Crippen molar-refractivity contribution in [2.24, 2.45) is 0 Å². The lowest BCUT2D eigenvalue weighted by Crippen LogP contribution is -2.13. The highest BCUT2D eigenvalue weighted by atomic mass is 16.1. The summed E-state index contributed by atoms with van der Waals surface area (Å²) < 4.78 is 0. The van der Waals surface area contributed by atoms with Gasteiger partial charge >= 0.3 is 0 Å². The molecule has 0 radical (unpaired) electrons. The van der Waals surface area contributed by atoms with E-state index in [1.807, 2.05) is 31.1 Å². The maximum atomic E-state index is 12.0. The van der Waals surface area contributed by atoms with Crippen LogP contribution in [0.2, 0.25) is 0 Å². The Labute approximate surface area is 111 Å². The standard InChI is InChI=1S/C13H15N5O/c1-18(2)11-5-3-9(4-6-11)12(19)17-10-7-15-13(14)16-8-10/h3-8H,1-2H3,(H,17,19)(H2,14,15,16). The van der Waals surface area contributed by atoms with Gasteiger partial charge in [0.05, 0.1) is 18.1 Å². The smallest absolute Gasteiger partial charge is 0.255 e. The van der Waals surface area contributed by atoms with Gasteiger partial charge in [0.2, 0.25) is 5.95 Å². The lowest BCUT2D eigenvalue weighted by molar-refractivity contribution is 0.102. The van der Waals surface area contributed by atoms with Crippen molar-refractivity contribution in [2.75, 3.05) is 30.0 Å². The second-order valence-electron chi connectivity index (χ2n) is 4.23. The van der Waals surface area contributed by atoms with Crippen molar-refractivity contribution in [3.8, 4) is 0 Å². The van der Waals surface area contributed by atoms with E-state index < -0.39 is 0 Å². The Morgan fingerprint density at radius 1 is 1.16 bits per heavy atom. The minimum absolute atomic E-state index is 0.174. The molecule has 1 amide bonds. The van der Waals surface area contributed by atoms with Gasteiger partial charge in [0.1, 0.15) is 0 Å². The number of nitrogens with zero attached hydrogens (tertiary/aromatic N) is 3. The van der Waals surface area contributed by atoms with Crippen LogP contribution in [0.25, 0.3) is 0 Å². The van der Waals surface area contributed by atoms with Crippen molar-refractivity contribution in [1.82, 2.24) is 9.97 Å². The molecule has 0 unspecified atom stereocenters. The highest BCUT2D eigenvalue weighted by molar-refractivity contribution is 6.04. The minimum Gasteiger partial charge on any atom is -0.378 e. The predicted octanol–water partition coefficient (Wildman–Crippen LogP) is 1.38. The Bertz CT molecular complexity index is 563. The molecule has 0 saturated heterocycles. The van der Waals surface area contributed by atoms with Gasteiger partial charge in [-0.1, -0.05) is 0 Å². The third-order valence-electron chi connectivity index (χ3n) is 2.58. The molecule has 1 heterocycles. The number of hydrogen-bond donors (Lipinski definition) is 2. The molecule has 98 valence electrons. The first-order valence-electron chi connectivity index (χ1n) is 5.72. The maximum Gasteiger partial charge on any atom is 0.255 e. The number of carbonyl (C=O) groups excluding carboxylic acids is 1. The first-order valence-corrected chi connectivity index (χ1v) is 5.72. The number of nitrogens with two attached hydrogens (primary N) is 1. The van der Waals surface area contributed by atoms with Crippen LogP contribution in [0.15, 0.2) is 36.7 Å². The number of rotatable bonds is 3. The van der Waals surface area contributed by atoms with Crippen molar-refractivity contribution in [1.29, 1.82) is 0 Å². The number of carbonyl (C=O) groups is 1. The van der Waals surface area contributed by atoms with E-state index in [2.05, 4.69) is 15.3 Å². The lowest BCUT2D eigenvalue weighted by atomic mass is 10.2. The summed E-state index contributed by atoms with van der Waals surface area (Å²) in [4.78, 5) is 21.6. The van der Waals surface area contributed by atoms with Crippen LogP contribution in [-0.2, 0) is 0 Å². The van der Waals surface area contributed by atoms with Gasteiger partial charge in [-0.15, -0.1) is 0 Å². The van der Waals surface area contributed by atoms with Crippen molar-refractivity contribution in [2.45, 2.75) is 0 Å². The summed E-state index contributed by atoms with van der Waals surface area (Å²) in [7, 11) is 3.89. The fraction of sp³-hybridized carbons (Fsp3) is 0.154. The summed E-state index contributed by atoms with van der Waals surface area (Å²) >= 11 is 0. The molecular formula is C13H15N5O. The molecule has 0 aliphatic heterocycles. The van der Waals surface area contributed by atoms with Crippen molar-refractivity contribution >= 4 is 23.2 Å². The zero-order valence-electron chi connectivity index (χ0n) is 10.8. The number of benzene rings is 1. The van der Waals surface area contributed by atoms with E-state index in [9.17, 15) is 4.79 Å². The van der Waals surface area contributed by atoms with E-state index in [-0.39, 0.29) is 11.9 Å². The summed E-state index contributed by atoms with van der Waals surface area (Å²) in [6.45, 7) is 0. The van der Waals surface area contributed by atoms with Gasteiger partial charge in [-0.25, -0.2) is 9.97 Å². The molecule has 0 spiro atoms. The molecule has 6 heteroatoms. The molecule has 0 atom stereocenters. The highest BCUT2D eigenvalue weighted by Gasteiger charge is 2.06. The topological polar surface area (TPSA) is 84.1 Å². The molecule has 2 rings (SSSR count). The van der Waals surface area contributed by atoms with Crippen LogP contribution >= 0.6 is 0 Å². The summed E-state index contributed by atoms with van der Waals surface area (Å²) in [5, 5.41) is 2.70. The Morgan fingerprint density at radius 3 is 2.26 bits per heavy atom. The molecule has 0 fully saturated rings. The normalized spacial score (nSPS) is 10.0. The summed E-state index contributed by atoms with van der Waals surface area (Å²) in [5.41, 5.74) is 7.49. The molecule has 6 nitrogen and oxygen atoms in total. The monoisotopic (exact) mass is 257 g/mol. The maximum absolute atomic E-state index is 12.0. The second-order valence-corrected chi connectivity index (χ2v) is 4.23. The van der Waals surface area contributed by atoms with Crippen LogP contribution in [0.5, 0.6) is 0 Å². The third-order valence-corrected chi connectivity index (χ3v) is 2.58. The Kier molecular flexibility index (Phi) is 3.61. The van der Waals surface area contributed by atoms with Crippen LogP contribution in [0.3, 0.4) is 0 Å². The molecule has 0 aliphatic rings. The fourth-order valence-electron chi connectivity index (χ4n) is 1.52. The van der Waals surface area contributed by atoms with Crippen molar-refractivity contribution in [3.05, 3.63) is 42.2 Å². The number of nitrogen functional groups attached to an aromatic ring is 1. The number of amides is 1. The summed E-state index contributed by atoms with van der Waals surface area (Å²) in [5.74, 6) is -0.0352. The number of anilines is 3. The lowest BCUT2D eigenvalue weighted by Gasteiger charge is -2.12. The van der Waals surface area contributed by atoms with Gasteiger partial charge in [-0.3, -0.25) is 4.79 Å². The Hall–Kier alpha value is -2.63. The van der Waals surface area contributed by atoms with Gasteiger partial charge in [0, 0.05) is 25.3 Å². The Balaban J connectivity index is 2.09. The number of hydrogen-bond acceptors (Lipinski definition) is 5. The average Bonchev–Trinajstić information content (AvgIpc) is 2.41. The van der Waals surface area contributed by atoms with E-state index in [1.54, 1.807) is 12.1 Å². The van der Waals surface area contributed by atoms with Crippen LogP contribution < -0.4 is 16.0 Å². The van der Waals surface area contributed by atoms with E-state index in [4.69, 9.17) is 5.73 Å². The zero-order chi connectivity index (χ0) is 13.8. The van der Waals surface area contributed by atoms with E-state index in [0.717, 1.165) is 5.69 Å². The summed E-state index contributed by atoms with van der Waals surface area (Å²) in [6.07, 6.45) is 2.93. The average molecular weight is 257 g/mol. The van der Waals surface area contributed by atoms with E-state index in [1.165, 1.54) is 12.4 Å². The molecule has 0 saturated carbocycles. The molecule has 3 N–H and O–H groups in total. The van der Waals surface area contributed by atoms with Gasteiger partial charge in [0.15, 0.2) is 0 Å². The van der Waals surface area contributed by atoms with Gasteiger partial charge < -0.3 is 16.0 Å². The first kappa shape index (κ1) is 12.8. The first-order chi connectivity index (χ1) is 9.06. The van der Waals surface area contributed by atoms with Crippen LogP contribution in [0.1, 0.15) is 10.4 Å².